The number of methoxy groups -OCH3 is 1. The third-order valence-corrected chi connectivity index (χ3v) is 1.61. The Labute approximate surface area is 76.8 Å². The van der Waals surface area contributed by atoms with Gasteiger partial charge in [0.05, 0.1) is 0 Å². The van der Waals surface area contributed by atoms with Crippen LogP contribution in [0.3, 0.4) is 0 Å². The van der Waals surface area contributed by atoms with E-state index in [1.54, 1.807) is 0 Å². The number of para-hydroxylation sites is 1. The van der Waals surface area contributed by atoms with Gasteiger partial charge in [-0.2, -0.15) is 0 Å². The Morgan fingerprint density at radius 2 is 1.85 bits per heavy atom. The monoisotopic (exact) mass is 183 g/mol. The van der Waals surface area contributed by atoms with E-state index in [0.717, 1.165) is 5.69 Å². The summed E-state index contributed by atoms with van der Waals surface area (Å²) >= 11 is 0. The van der Waals surface area contributed by atoms with E-state index in [1.165, 1.54) is 7.11 Å². The summed E-state index contributed by atoms with van der Waals surface area (Å²) in [5, 5.41) is 20.5. The topological polar surface area (TPSA) is 61.7 Å². The number of aliphatic hydroxyl groups excluding tert-OH is 1. The highest BCUT2D eigenvalue weighted by molar-refractivity contribution is 5.42. The maximum atomic E-state index is 8.84. The maximum Gasteiger partial charge on any atom is 0.197 e. The van der Waals surface area contributed by atoms with Crippen LogP contribution in [0.15, 0.2) is 30.3 Å². The molecular formula is C9H13NO3. The molecule has 0 aliphatic heterocycles. The number of aliphatic hydroxyl groups is 2. The van der Waals surface area contributed by atoms with Crippen LogP contribution in [0.4, 0.5) is 5.69 Å². The zero-order chi connectivity index (χ0) is 9.68. The van der Waals surface area contributed by atoms with Gasteiger partial charge in [0, 0.05) is 12.8 Å². The highest BCUT2D eigenvalue weighted by Crippen LogP contribution is 2.08. The molecule has 3 N–H and O–H groups in total. The van der Waals surface area contributed by atoms with Crippen molar-refractivity contribution in [2.24, 2.45) is 0 Å². The molecule has 0 bridgehead atoms. The average Bonchev–Trinajstić information content (AvgIpc) is 2.15. The van der Waals surface area contributed by atoms with Crippen molar-refractivity contribution in [2.75, 3.05) is 12.4 Å². The van der Waals surface area contributed by atoms with Crippen molar-refractivity contribution in [3.8, 4) is 0 Å². The lowest BCUT2D eigenvalue weighted by Crippen LogP contribution is -2.34. The minimum absolute atomic E-state index is 0.780. The molecule has 0 radical (unpaired) electrons. The molecule has 1 rings (SSSR count). The summed E-state index contributed by atoms with van der Waals surface area (Å²) in [5.41, 5.74) is 0.780. The summed E-state index contributed by atoms with van der Waals surface area (Å²) < 4.78 is 4.80. The summed E-state index contributed by atoms with van der Waals surface area (Å²) in [5.74, 6) is 0. The quantitative estimate of drug-likeness (QED) is 0.591. The van der Waals surface area contributed by atoms with Gasteiger partial charge in [-0.3, -0.25) is 0 Å². The van der Waals surface area contributed by atoms with Crippen LogP contribution in [0, 0.1) is 0 Å². The molecule has 0 aromatic heterocycles. The highest BCUT2D eigenvalue weighted by Gasteiger charge is 2.14. The second-order valence-electron chi connectivity index (χ2n) is 2.58. The highest BCUT2D eigenvalue weighted by atomic mass is 16.6. The molecule has 0 fully saturated rings. The molecule has 0 spiro atoms. The Bertz CT molecular complexity index is 238. The van der Waals surface area contributed by atoms with Gasteiger partial charge in [-0.15, -0.1) is 0 Å². The van der Waals surface area contributed by atoms with Gasteiger partial charge in [0.1, 0.15) is 0 Å². The molecular weight excluding hydrogens is 170 g/mol. The van der Waals surface area contributed by atoms with Crippen molar-refractivity contribution in [1.29, 1.82) is 0 Å². The number of anilines is 1. The van der Waals surface area contributed by atoms with Crippen LogP contribution in [-0.4, -0.2) is 29.8 Å². The molecule has 1 unspecified atom stereocenters. The van der Waals surface area contributed by atoms with Gasteiger partial charge >= 0.3 is 0 Å². The fourth-order valence-electron chi connectivity index (χ4n) is 0.954. The molecule has 1 atom stereocenters. The lowest BCUT2D eigenvalue weighted by atomic mass is 10.3. The number of nitrogens with one attached hydrogen (secondary N) is 1. The third-order valence-electron chi connectivity index (χ3n) is 1.61. The van der Waals surface area contributed by atoms with Gasteiger partial charge in [-0.05, 0) is 12.1 Å². The van der Waals surface area contributed by atoms with Crippen LogP contribution in [0.5, 0.6) is 0 Å². The molecule has 0 saturated carbocycles. The van der Waals surface area contributed by atoms with Gasteiger partial charge < -0.3 is 20.3 Å². The van der Waals surface area contributed by atoms with Crippen molar-refractivity contribution >= 4 is 5.69 Å². The van der Waals surface area contributed by atoms with Crippen LogP contribution < -0.4 is 5.32 Å². The SMILES string of the molecule is COC(Nc1ccccc1)C(O)O. The Kier molecular flexibility index (Phi) is 3.70. The molecule has 4 nitrogen and oxygen atoms in total. The Morgan fingerprint density at radius 1 is 1.23 bits per heavy atom. The van der Waals surface area contributed by atoms with Crippen molar-refractivity contribution < 1.29 is 14.9 Å². The zero-order valence-corrected chi connectivity index (χ0v) is 7.34. The fraction of sp³-hybridized carbons (Fsp3) is 0.333. The second-order valence-corrected chi connectivity index (χ2v) is 2.58. The van der Waals surface area contributed by atoms with Crippen molar-refractivity contribution in [1.82, 2.24) is 0 Å². The number of hydrogen-bond acceptors (Lipinski definition) is 4. The summed E-state index contributed by atoms with van der Waals surface area (Å²) in [7, 11) is 1.40. The van der Waals surface area contributed by atoms with Crippen LogP contribution >= 0.6 is 0 Å². The first kappa shape index (κ1) is 9.98. The van der Waals surface area contributed by atoms with Crippen molar-refractivity contribution in [3.63, 3.8) is 0 Å². The number of ether oxygens (including phenoxy) is 1. The van der Waals surface area contributed by atoms with Crippen molar-refractivity contribution in [3.05, 3.63) is 30.3 Å². The van der Waals surface area contributed by atoms with Gasteiger partial charge in [0.25, 0.3) is 0 Å². The molecule has 0 aliphatic rings. The molecule has 13 heavy (non-hydrogen) atoms. The van der Waals surface area contributed by atoms with Gasteiger partial charge in [-0.1, -0.05) is 18.2 Å². The smallest absolute Gasteiger partial charge is 0.197 e. The molecule has 0 saturated heterocycles. The van der Waals surface area contributed by atoms with E-state index in [9.17, 15) is 0 Å². The number of benzene rings is 1. The molecule has 1 aromatic carbocycles. The molecule has 0 heterocycles. The Hall–Kier alpha value is -1.10. The molecule has 1 aromatic rings. The largest absolute Gasteiger partial charge is 0.365 e. The lowest BCUT2D eigenvalue weighted by Gasteiger charge is -2.19. The first-order valence-corrected chi connectivity index (χ1v) is 3.94. The lowest BCUT2D eigenvalue weighted by molar-refractivity contribution is -0.123. The van der Waals surface area contributed by atoms with E-state index in [4.69, 9.17) is 14.9 Å². The van der Waals surface area contributed by atoms with Crippen molar-refractivity contribution in [2.45, 2.75) is 12.5 Å². The van der Waals surface area contributed by atoms with Gasteiger partial charge in [0.15, 0.2) is 12.5 Å². The van der Waals surface area contributed by atoms with Crippen LogP contribution in [0.25, 0.3) is 0 Å². The first-order chi connectivity index (χ1) is 6.24. The third kappa shape index (κ3) is 3.02. The first-order valence-electron chi connectivity index (χ1n) is 3.94. The number of rotatable bonds is 4. The van der Waals surface area contributed by atoms with Crippen LogP contribution in [0.2, 0.25) is 0 Å². The summed E-state index contributed by atoms with van der Waals surface area (Å²) in [4.78, 5) is 0. The molecule has 4 heteroatoms. The fourth-order valence-corrected chi connectivity index (χ4v) is 0.954. The van der Waals surface area contributed by atoms with E-state index >= 15 is 0 Å². The predicted molar refractivity (Wildman–Crippen MR) is 49.1 cm³/mol. The normalized spacial score (nSPS) is 12.9. The van der Waals surface area contributed by atoms with Crippen LogP contribution in [-0.2, 0) is 4.74 Å². The van der Waals surface area contributed by atoms with Gasteiger partial charge in [0.2, 0.25) is 0 Å². The minimum atomic E-state index is -1.54. The van der Waals surface area contributed by atoms with E-state index in [1.807, 2.05) is 30.3 Å². The average molecular weight is 183 g/mol. The Morgan fingerprint density at radius 3 is 2.31 bits per heavy atom. The Balaban J connectivity index is 2.57. The summed E-state index contributed by atoms with van der Waals surface area (Å²) in [6, 6.07) is 9.20. The second kappa shape index (κ2) is 4.81. The zero-order valence-electron chi connectivity index (χ0n) is 7.34. The standard InChI is InChI=1S/C9H13NO3/c1-13-8(9(11)12)10-7-5-3-2-4-6-7/h2-6,8-12H,1H3. The van der Waals surface area contributed by atoms with Crippen LogP contribution in [0.1, 0.15) is 0 Å². The van der Waals surface area contributed by atoms with Gasteiger partial charge in [-0.25, -0.2) is 0 Å². The molecule has 0 amide bonds. The predicted octanol–water partition coefficient (Wildman–Crippen LogP) is 0.382. The van der Waals surface area contributed by atoms with E-state index in [0.29, 0.717) is 0 Å². The summed E-state index contributed by atoms with van der Waals surface area (Å²) in [6.07, 6.45) is -2.34. The maximum absolute atomic E-state index is 8.84. The van der Waals surface area contributed by atoms with E-state index in [2.05, 4.69) is 5.32 Å². The van der Waals surface area contributed by atoms with E-state index < -0.39 is 12.5 Å². The summed E-state index contributed by atoms with van der Waals surface area (Å²) in [6.45, 7) is 0. The number of hydrogen-bond donors (Lipinski definition) is 3. The van der Waals surface area contributed by atoms with E-state index in [-0.39, 0.29) is 0 Å². The molecule has 72 valence electrons. The minimum Gasteiger partial charge on any atom is -0.365 e. The molecule has 0 aliphatic carbocycles.